The van der Waals surface area contributed by atoms with E-state index in [2.05, 4.69) is 15.4 Å². The largest absolute Gasteiger partial charge is 0.465 e. The molecule has 2 rings (SSSR count). The van der Waals surface area contributed by atoms with Crippen LogP contribution >= 0.6 is 0 Å². The predicted octanol–water partition coefficient (Wildman–Crippen LogP) is 1.33. The van der Waals surface area contributed by atoms with Crippen LogP contribution in [0.15, 0.2) is 24.3 Å². The molecular weight excluding hydrogens is 272 g/mol. The first kappa shape index (κ1) is 15.0. The van der Waals surface area contributed by atoms with E-state index in [-0.39, 0.29) is 29.8 Å². The summed E-state index contributed by atoms with van der Waals surface area (Å²) in [5.74, 6) is -0.943. The van der Waals surface area contributed by atoms with Crippen molar-refractivity contribution in [1.29, 1.82) is 0 Å². The van der Waals surface area contributed by atoms with Crippen LogP contribution in [0.25, 0.3) is 0 Å². The van der Waals surface area contributed by atoms with Crippen LogP contribution in [-0.4, -0.2) is 31.4 Å². The van der Waals surface area contributed by atoms with E-state index in [9.17, 15) is 14.4 Å². The van der Waals surface area contributed by atoms with Crippen molar-refractivity contribution in [2.24, 2.45) is 5.92 Å². The molecule has 0 radical (unpaired) electrons. The standard InChI is InChI=1S/C15H18N2O4/c1-21-15(20)11-7-2-3-8-12(11)17-13(18)9-16-14(19)10-5-4-6-10/h2-3,7-8,10H,4-6,9H2,1H3,(H,16,19)(H,17,18). The van der Waals surface area contributed by atoms with Crippen LogP contribution in [0.1, 0.15) is 29.6 Å². The van der Waals surface area contributed by atoms with Gasteiger partial charge in [-0.25, -0.2) is 4.79 Å². The minimum Gasteiger partial charge on any atom is -0.465 e. The molecule has 0 saturated heterocycles. The maximum absolute atomic E-state index is 11.8. The number of benzene rings is 1. The summed E-state index contributed by atoms with van der Waals surface area (Å²) in [6.45, 7) is -0.106. The zero-order chi connectivity index (χ0) is 15.2. The summed E-state index contributed by atoms with van der Waals surface area (Å²) in [5.41, 5.74) is 0.644. The fourth-order valence-corrected chi connectivity index (χ4v) is 2.06. The van der Waals surface area contributed by atoms with Gasteiger partial charge in [-0.05, 0) is 25.0 Å². The van der Waals surface area contributed by atoms with Crippen molar-refractivity contribution in [2.45, 2.75) is 19.3 Å². The van der Waals surface area contributed by atoms with Gasteiger partial charge in [-0.1, -0.05) is 18.6 Å². The Morgan fingerprint density at radius 1 is 1.24 bits per heavy atom. The van der Waals surface area contributed by atoms with Gasteiger partial charge in [0, 0.05) is 5.92 Å². The molecule has 1 aliphatic rings. The lowest BCUT2D eigenvalue weighted by molar-refractivity contribution is -0.129. The van der Waals surface area contributed by atoms with E-state index >= 15 is 0 Å². The van der Waals surface area contributed by atoms with E-state index in [0.717, 1.165) is 19.3 Å². The number of hydrogen-bond acceptors (Lipinski definition) is 4. The van der Waals surface area contributed by atoms with Crippen molar-refractivity contribution in [3.63, 3.8) is 0 Å². The Kier molecular flexibility index (Phi) is 4.92. The molecule has 1 saturated carbocycles. The van der Waals surface area contributed by atoms with Crippen molar-refractivity contribution >= 4 is 23.5 Å². The molecule has 0 unspecified atom stereocenters. The van der Waals surface area contributed by atoms with Crippen LogP contribution in [0.2, 0.25) is 0 Å². The first-order valence-corrected chi connectivity index (χ1v) is 6.86. The fraction of sp³-hybridized carbons (Fsp3) is 0.400. The number of para-hydroxylation sites is 1. The van der Waals surface area contributed by atoms with Gasteiger partial charge in [-0.2, -0.15) is 0 Å². The number of amides is 2. The number of rotatable bonds is 5. The molecule has 0 spiro atoms. The summed E-state index contributed by atoms with van der Waals surface area (Å²) < 4.78 is 4.65. The van der Waals surface area contributed by atoms with E-state index in [0.29, 0.717) is 5.69 Å². The molecule has 2 amide bonds. The van der Waals surface area contributed by atoms with Crippen LogP contribution in [0.3, 0.4) is 0 Å². The molecule has 0 aliphatic heterocycles. The van der Waals surface area contributed by atoms with E-state index in [4.69, 9.17) is 0 Å². The summed E-state index contributed by atoms with van der Waals surface area (Å²) >= 11 is 0. The summed E-state index contributed by atoms with van der Waals surface area (Å²) in [5, 5.41) is 5.20. The van der Waals surface area contributed by atoms with Crippen molar-refractivity contribution < 1.29 is 19.1 Å². The number of hydrogen-bond donors (Lipinski definition) is 2. The summed E-state index contributed by atoms with van der Waals surface area (Å²) in [6, 6.07) is 6.56. The number of esters is 1. The molecule has 21 heavy (non-hydrogen) atoms. The number of methoxy groups -OCH3 is 1. The Morgan fingerprint density at radius 2 is 1.95 bits per heavy atom. The second-order valence-electron chi connectivity index (χ2n) is 4.93. The highest BCUT2D eigenvalue weighted by Crippen LogP contribution is 2.26. The second kappa shape index (κ2) is 6.88. The van der Waals surface area contributed by atoms with Gasteiger partial charge in [0.1, 0.15) is 0 Å². The molecule has 1 aromatic rings. The van der Waals surface area contributed by atoms with Crippen LogP contribution in [0.5, 0.6) is 0 Å². The number of nitrogens with one attached hydrogen (secondary N) is 2. The van der Waals surface area contributed by atoms with Crippen molar-refractivity contribution in [3.05, 3.63) is 29.8 Å². The number of anilines is 1. The highest BCUT2D eigenvalue weighted by atomic mass is 16.5. The van der Waals surface area contributed by atoms with Crippen LogP contribution in [0, 0.1) is 5.92 Å². The van der Waals surface area contributed by atoms with Crippen LogP contribution in [0.4, 0.5) is 5.69 Å². The summed E-state index contributed by atoms with van der Waals surface area (Å²) in [4.78, 5) is 35.0. The number of ether oxygens (including phenoxy) is 1. The Balaban J connectivity index is 1.90. The Labute approximate surface area is 122 Å². The fourth-order valence-electron chi connectivity index (χ4n) is 2.06. The van der Waals surface area contributed by atoms with Gasteiger partial charge in [0.2, 0.25) is 11.8 Å². The first-order valence-electron chi connectivity index (χ1n) is 6.86. The molecule has 1 aromatic carbocycles. The zero-order valence-electron chi connectivity index (χ0n) is 11.8. The third kappa shape index (κ3) is 3.81. The van der Waals surface area contributed by atoms with Crippen molar-refractivity contribution in [2.75, 3.05) is 19.0 Å². The smallest absolute Gasteiger partial charge is 0.339 e. The monoisotopic (exact) mass is 290 g/mol. The molecule has 2 N–H and O–H groups in total. The Morgan fingerprint density at radius 3 is 2.57 bits per heavy atom. The average Bonchev–Trinajstić information content (AvgIpc) is 2.43. The maximum atomic E-state index is 11.8. The second-order valence-corrected chi connectivity index (χ2v) is 4.93. The van der Waals surface area contributed by atoms with Gasteiger partial charge < -0.3 is 15.4 Å². The molecule has 1 fully saturated rings. The van der Waals surface area contributed by atoms with Gasteiger partial charge in [0.25, 0.3) is 0 Å². The lowest BCUT2D eigenvalue weighted by Gasteiger charge is -2.23. The van der Waals surface area contributed by atoms with Gasteiger partial charge in [0.15, 0.2) is 0 Å². The molecule has 1 aliphatic carbocycles. The Bertz CT molecular complexity index is 552. The molecule has 6 heteroatoms. The van der Waals surface area contributed by atoms with Crippen molar-refractivity contribution in [1.82, 2.24) is 5.32 Å². The molecule has 0 heterocycles. The van der Waals surface area contributed by atoms with E-state index in [1.807, 2.05) is 0 Å². The quantitative estimate of drug-likeness (QED) is 0.801. The summed E-state index contributed by atoms with van der Waals surface area (Å²) in [6.07, 6.45) is 2.84. The maximum Gasteiger partial charge on any atom is 0.339 e. The van der Waals surface area contributed by atoms with E-state index < -0.39 is 5.97 Å². The molecular formula is C15H18N2O4. The van der Waals surface area contributed by atoms with Crippen LogP contribution in [-0.2, 0) is 14.3 Å². The molecule has 112 valence electrons. The third-order valence-electron chi connectivity index (χ3n) is 3.51. The summed E-state index contributed by atoms with van der Waals surface area (Å²) in [7, 11) is 1.28. The third-order valence-corrected chi connectivity index (χ3v) is 3.51. The van der Waals surface area contributed by atoms with Gasteiger partial charge in [0.05, 0.1) is 24.9 Å². The van der Waals surface area contributed by atoms with Crippen molar-refractivity contribution in [3.8, 4) is 0 Å². The minimum absolute atomic E-state index is 0.0418. The van der Waals surface area contributed by atoms with Gasteiger partial charge in [-0.15, -0.1) is 0 Å². The first-order chi connectivity index (χ1) is 10.1. The SMILES string of the molecule is COC(=O)c1ccccc1NC(=O)CNC(=O)C1CCC1. The molecule has 0 bridgehead atoms. The zero-order valence-corrected chi connectivity index (χ0v) is 11.8. The molecule has 0 atom stereocenters. The minimum atomic E-state index is -0.524. The lowest BCUT2D eigenvalue weighted by atomic mass is 9.85. The number of carbonyl (C=O) groups is 3. The number of carbonyl (C=O) groups excluding carboxylic acids is 3. The predicted molar refractivity (Wildman–Crippen MR) is 76.8 cm³/mol. The van der Waals surface area contributed by atoms with Gasteiger partial charge >= 0.3 is 5.97 Å². The molecule has 0 aromatic heterocycles. The normalized spacial score (nSPS) is 14.0. The van der Waals surface area contributed by atoms with Gasteiger partial charge in [-0.3, -0.25) is 9.59 Å². The van der Waals surface area contributed by atoms with E-state index in [1.54, 1.807) is 24.3 Å². The average molecular weight is 290 g/mol. The lowest BCUT2D eigenvalue weighted by Crippen LogP contribution is -2.39. The topological polar surface area (TPSA) is 84.5 Å². The van der Waals surface area contributed by atoms with Crippen LogP contribution < -0.4 is 10.6 Å². The van der Waals surface area contributed by atoms with E-state index in [1.165, 1.54) is 7.11 Å². The Hall–Kier alpha value is -2.37. The molecule has 6 nitrogen and oxygen atoms in total. The highest BCUT2D eigenvalue weighted by Gasteiger charge is 2.25. The highest BCUT2D eigenvalue weighted by molar-refractivity contribution is 6.02.